The van der Waals surface area contributed by atoms with Crippen molar-refractivity contribution in [3.63, 3.8) is 0 Å². The minimum absolute atomic E-state index is 0.158. The summed E-state index contributed by atoms with van der Waals surface area (Å²) in [7, 11) is 2.09. The van der Waals surface area contributed by atoms with Crippen LogP contribution in [-0.2, 0) is 13.0 Å². The second-order valence-electron chi connectivity index (χ2n) is 6.76. The summed E-state index contributed by atoms with van der Waals surface area (Å²) in [6.45, 7) is 5.32. The van der Waals surface area contributed by atoms with Crippen molar-refractivity contribution in [2.24, 2.45) is 0 Å². The lowest BCUT2D eigenvalue weighted by Crippen LogP contribution is -2.44. The Morgan fingerprint density at radius 2 is 2.15 bits per heavy atom. The number of aromatic nitrogens is 3. The molecule has 0 spiro atoms. The van der Waals surface area contributed by atoms with Crippen molar-refractivity contribution in [1.29, 1.82) is 0 Å². The van der Waals surface area contributed by atoms with Gasteiger partial charge in [0.2, 0.25) is 5.89 Å². The van der Waals surface area contributed by atoms with Gasteiger partial charge in [0, 0.05) is 25.0 Å². The van der Waals surface area contributed by atoms with Gasteiger partial charge in [-0.15, -0.1) is 11.3 Å². The van der Waals surface area contributed by atoms with Crippen LogP contribution >= 0.6 is 11.3 Å². The molecule has 27 heavy (non-hydrogen) atoms. The number of nitrogens with zero attached hydrogens (tertiary/aromatic N) is 4. The number of rotatable bonds is 6. The van der Waals surface area contributed by atoms with Crippen LogP contribution in [0.4, 0.5) is 0 Å². The van der Waals surface area contributed by atoms with Gasteiger partial charge in [-0.3, -0.25) is 4.90 Å². The zero-order valence-corrected chi connectivity index (χ0v) is 16.3. The van der Waals surface area contributed by atoms with Crippen molar-refractivity contribution in [1.82, 2.24) is 25.3 Å². The molecule has 1 unspecified atom stereocenters. The summed E-state index contributed by atoms with van der Waals surface area (Å²) in [4.78, 5) is 11.4. The number of aryl methyl sites for hydroxylation is 1. The molecule has 1 saturated heterocycles. The SMILES string of the molecule is Cc1ccc(OCc2nc(Cc3nc(C4CNCCN4C)no3)cs2)cc1. The summed E-state index contributed by atoms with van der Waals surface area (Å²) in [5.41, 5.74) is 2.14. The molecule has 1 aromatic carbocycles. The minimum Gasteiger partial charge on any atom is -0.486 e. The third-order valence-electron chi connectivity index (χ3n) is 4.61. The van der Waals surface area contributed by atoms with Gasteiger partial charge in [0.25, 0.3) is 0 Å². The van der Waals surface area contributed by atoms with Gasteiger partial charge >= 0.3 is 0 Å². The summed E-state index contributed by atoms with van der Waals surface area (Å²) >= 11 is 1.58. The smallest absolute Gasteiger partial charge is 0.232 e. The molecule has 7 nitrogen and oxygen atoms in total. The van der Waals surface area contributed by atoms with Gasteiger partial charge in [0.15, 0.2) is 5.82 Å². The van der Waals surface area contributed by atoms with Crippen LogP contribution in [0.3, 0.4) is 0 Å². The zero-order chi connectivity index (χ0) is 18.6. The van der Waals surface area contributed by atoms with Crippen LogP contribution in [0.25, 0.3) is 0 Å². The van der Waals surface area contributed by atoms with E-state index >= 15 is 0 Å². The first kappa shape index (κ1) is 18.1. The maximum absolute atomic E-state index is 5.79. The molecule has 4 rings (SSSR count). The summed E-state index contributed by atoms with van der Waals surface area (Å²) in [6.07, 6.45) is 0.540. The second-order valence-corrected chi connectivity index (χ2v) is 7.70. The Balaban J connectivity index is 1.34. The molecule has 3 aromatic rings. The van der Waals surface area contributed by atoms with Gasteiger partial charge in [-0.05, 0) is 26.1 Å². The van der Waals surface area contributed by atoms with Gasteiger partial charge < -0.3 is 14.6 Å². The van der Waals surface area contributed by atoms with Crippen molar-refractivity contribution in [2.75, 3.05) is 26.7 Å². The Labute approximate surface area is 162 Å². The number of nitrogens with one attached hydrogen (secondary N) is 1. The average molecular weight is 385 g/mol. The van der Waals surface area contributed by atoms with E-state index in [1.807, 2.05) is 29.6 Å². The molecular weight excluding hydrogens is 362 g/mol. The Hall–Kier alpha value is -2.29. The van der Waals surface area contributed by atoms with Gasteiger partial charge in [-0.1, -0.05) is 22.9 Å². The normalized spacial score (nSPS) is 17.9. The van der Waals surface area contributed by atoms with Gasteiger partial charge in [-0.2, -0.15) is 4.98 Å². The summed E-state index contributed by atoms with van der Waals surface area (Å²) < 4.78 is 11.2. The first-order valence-electron chi connectivity index (χ1n) is 9.03. The Bertz CT molecular complexity index is 876. The first-order valence-corrected chi connectivity index (χ1v) is 9.91. The number of benzene rings is 1. The molecule has 0 amide bonds. The molecule has 1 N–H and O–H groups in total. The monoisotopic (exact) mass is 385 g/mol. The first-order chi connectivity index (χ1) is 13.2. The molecule has 1 aliphatic heterocycles. The highest BCUT2D eigenvalue weighted by Crippen LogP contribution is 2.20. The number of hydrogen-bond donors (Lipinski definition) is 1. The molecule has 3 heterocycles. The molecule has 2 aromatic heterocycles. The third kappa shape index (κ3) is 4.52. The lowest BCUT2D eigenvalue weighted by atomic mass is 10.2. The fourth-order valence-electron chi connectivity index (χ4n) is 3.00. The summed E-state index contributed by atoms with van der Waals surface area (Å²) in [6, 6.07) is 8.18. The molecule has 0 radical (unpaired) electrons. The number of likely N-dealkylation sites (N-methyl/N-ethyl adjacent to an activating group) is 1. The maximum Gasteiger partial charge on any atom is 0.232 e. The van der Waals surface area contributed by atoms with E-state index in [2.05, 4.69) is 39.3 Å². The average Bonchev–Trinajstić information content (AvgIpc) is 3.32. The van der Waals surface area contributed by atoms with E-state index in [1.54, 1.807) is 11.3 Å². The largest absolute Gasteiger partial charge is 0.486 e. The van der Waals surface area contributed by atoms with Crippen molar-refractivity contribution in [3.05, 3.63) is 57.6 Å². The van der Waals surface area contributed by atoms with Crippen LogP contribution in [0.1, 0.15) is 34.0 Å². The van der Waals surface area contributed by atoms with E-state index in [0.717, 1.165) is 41.9 Å². The fourth-order valence-corrected chi connectivity index (χ4v) is 3.71. The Morgan fingerprint density at radius 3 is 2.96 bits per heavy atom. The molecular formula is C19H23N5O2S. The third-order valence-corrected chi connectivity index (χ3v) is 5.48. The zero-order valence-electron chi connectivity index (χ0n) is 15.5. The van der Waals surface area contributed by atoms with Crippen molar-refractivity contribution in [2.45, 2.75) is 26.0 Å². The Morgan fingerprint density at radius 1 is 1.30 bits per heavy atom. The molecule has 1 fully saturated rings. The highest BCUT2D eigenvalue weighted by atomic mass is 32.1. The predicted octanol–water partition coefficient (Wildman–Crippen LogP) is 2.58. The van der Waals surface area contributed by atoms with Crippen molar-refractivity contribution < 1.29 is 9.26 Å². The molecule has 8 heteroatoms. The van der Waals surface area contributed by atoms with Crippen LogP contribution in [0.2, 0.25) is 0 Å². The molecule has 0 saturated carbocycles. The minimum atomic E-state index is 0.158. The van der Waals surface area contributed by atoms with Crippen molar-refractivity contribution >= 4 is 11.3 Å². The van der Waals surface area contributed by atoms with Gasteiger partial charge in [0.05, 0.1) is 18.2 Å². The van der Waals surface area contributed by atoms with Gasteiger partial charge in [-0.25, -0.2) is 4.98 Å². The molecule has 0 bridgehead atoms. The standard InChI is InChI=1S/C19H23N5O2S/c1-13-3-5-15(6-4-13)25-11-18-21-14(12-27-18)9-17-22-19(23-26-17)16-10-20-7-8-24(16)2/h3-6,12,16,20H,7-11H2,1-2H3. The van der Waals surface area contributed by atoms with E-state index in [4.69, 9.17) is 9.26 Å². The molecule has 142 valence electrons. The van der Waals surface area contributed by atoms with Crippen LogP contribution in [0, 0.1) is 6.92 Å². The van der Waals surface area contributed by atoms with E-state index in [-0.39, 0.29) is 6.04 Å². The highest BCUT2D eigenvalue weighted by molar-refractivity contribution is 7.09. The Kier molecular flexibility index (Phi) is 5.47. The molecule has 1 aliphatic rings. The predicted molar refractivity (Wildman–Crippen MR) is 103 cm³/mol. The number of hydrogen-bond acceptors (Lipinski definition) is 8. The van der Waals surface area contributed by atoms with Crippen LogP contribution in [0.5, 0.6) is 5.75 Å². The quantitative estimate of drug-likeness (QED) is 0.699. The number of piperazine rings is 1. The lowest BCUT2D eigenvalue weighted by Gasteiger charge is -2.30. The van der Waals surface area contributed by atoms with Gasteiger partial charge in [0.1, 0.15) is 17.4 Å². The number of thiazole rings is 1. The maximum atomic E-state index is 5.79. The fraction of sp³-hybridized carbons (Fsp3) is 0.421. The molecule has 1 atom stereocenters. The topological polar surface area (TPSA) is 76.3 Å². The van der Waals surface area contributed by atoms with E-state index in [0.29, 0.717) is 18.9 Å². The van der Waals surface area contributed by atoms with Crippen LogP contribution in [0.15, 0.2) is 34.2 Å². The van der Waals surface area contributed by atoms with E-state index in [9.17, 15) is 0 Å². The summed E-state index contributed by atoms with van der Waals surface area (Å²) in [5, 5.41) is 10.5. The van der Waals surface area contributed by atoms with Crippen LogP contribution < -0.4 is 10.1 Å². The lowest BCUT2D eigenvalue weighted by molar-refractivity contribution is 0.190. The van der Waals surface area contributed by atoms with E-state index in [1.165, 1.54) is 5.56 Å². The van der Waals surface area contributed by atoms with Crippen molar-refractivity contribution in [3.8, 4) is 5.75 Å². The summed E-state index contributed by atoms with van der Waals surface area (Å²) in [5.74, 6) is 2.18. The van der Waals surface area contributed by atoms with Crippen LogP contribution in [-0.4, -0.2) is 46.7 Å². The number of ether oxygens (including phenoxy) is 1. The van der Waals surface area contributed by atoms with E-state index < -0.39 is 0 Å². The molecule has 0 aliphatic carbocycles. The highest BCUT2D eigenvalue weighted by Gasteiger charge is 2.25. The second kappa shape index (κ2) is 8.16.